The molecule has 2 aliphatic heterocycles. The Hall–Kier alpha value is -0.420. The zero-order valence-electron chi connectivity index (χ0n) is 11.4. The molecule has 1 spiro atoms. The van der Waals surface area contributed by atoms with Crippen LogP contribution in [0.1, 0.15) is 25.7 Å². The number of anilines is 1. The first-order valence-corrected chi connectivity index (χ1v) is 8.36. The topological polar surface area (TPSA) is 44.5 Å². The van der Waals surface area contributed by atoms with Crippen LogP contribution in [0.3, 0.4) is 0 Å². The smallest absolute Gasteiger partial charge is 0.0737 e. The summed E-state index contributed by atoms with van der Waals surface area (Å²) in [5.74, 6) is 0. The fourth-order valence-electron chi connectivity index (χ4n) is 2.98. The maximum absolute atomic E-state index is 6.08. The van der Waals surface area contributed by atoms with E-state index in [-0.39, 0.29) is 5.60 Å². The van der Waals surface area contributed by atoms with Gasteiger partial charge in [0, 0.05) is 40.7 Å². The molecule has 0 aliphatic carbocycles. The van der Waals surface area contributed by atoms with Gasteiger partial charge in [0.2, 0.25) is 0 Å². The van der Waals surface area contributed by atoms with Gasteiger partial charge in [0.15, 0.2) is 0 Å². The van der Waals surface area contributed by atoms with E-state index in [1.807, 2.05) is 30.0 Å². The Balaban J connectivity index is 1.68. The van der Waals surface area contributed by atoms with Crippen molar-refractivity contribution in [3.8, 4) is 0 Å². The van der Waals surface area contributed by atoms with Gasteiger partial charge in [-0.1, -0.05) is 11.6 Å². The first-order valence-electron chi connectivity index (χ1n) is 7.10. The molecule has 110 valence electrons. The van der Waals surface area contributed by atoms with Crippen molar-refractivity contribution in [3.63, 3.8) is 0 Å². The van der Waals surface area contributed by atoms with Crippen LogP contribution >= 0.6 is 23.4 Å². The van der Waals surface area contributed by atoms with E-state index in [4.69, 9.17) is 26.8 Å². The summed E-state index contributed by atoms with van der Waals surface area (Å²) in [6.45, 7) is 2.48. The second-order valence-electron chi connectivity index (χ2n) is 5.56. The van der Waals surface area contributed by atoms with Gasteiger partial charge in [-0.25, -0.2) is 0 Å². The average Bonchev–Trinajstić information content (AvgIpc) is 2.43. The molecule has 1 aromatic rings. The molecule has 0 aromatic heterocycles. The van der Waals surface area contributed by atoms with E-state index in [1.165, 1.54) is 0 Å². The van der Waals surface area contributed by atoms with Crippen molar-refractivity contribution in [1.82, 2.24) is 0 Å². The summed E-state index contributed by atoms with van der Waals surface area (Å²) in [6, 6.07) is 5.76. The van der Waals surface area contributed by atoms with E-state index in [9.17, 15) is 0 Å². The van der Waals surface area contributed by atoms with Crippen molar-refractivity contribution in [3.05, 3.63) is 23.2 Å². The Morgan fingerprint density at radius 3 is 2.80 bits per heavy atom. The van der Waals surface area contributed by atoms with Crippen LogP contribution in [-0.2, 0) is 9.47 Å². The molecular weight excluding hydrogens is 294 g/mol. The van der Waals surface area contributed by atoms with E-state index >= 15 is 0 Å². The summed E-state index contributed by atoms with van der Waals surface area (Å²) >= 11 is 7.82. The van der Waals surface area contributed by atoms with Crippen molar-refractivity contribution < 1.29 is 9.47 Å². The highest BCUT2D eigenvalue weighted by Crippen LogP contribution is 2.42. The van der Waals surface area contributed by atoms with Gasteiger partial charge < -0.3 is 15.2 Å². The molecule has 2 aliphatic rings. The SMILES string of the molecule is Nc1cc(Cl)ccc1SC1CCOC2(CCOCC2)C1. The van der Waals surface area contributed by atoms with E-state index < -0.39 is 0 Å². The zero-order chi connectivity index (χ0) is 14.0. The minimum absolute atomic E-state index is 0.0371. The van der Waals surface area contributed by atoms with Crippen LogP contribution < -0.4 is 5.73 Å². The summed E-state index contributed by atoms with van der Waals surface area (Å²) in [4.78, 5) is 1.13. The van der Waals surface area contributed by atoms with Gasteiger partial charge in [0.25, 0.3) is 0 Å². The molecule has 0 radical (unpaired) electrons. The van der Waals surface area contributed by atoms with Crippen molar-refractivity contribution in [2.75, 3.05) is 25.6 Å². The summed E-state index contributed by atoms with van der Waals surface area (Å²) < 4.78 is 11.5. The Bertz CT molecular complexity index is 471. The minimum atomic E-state index is 0.0371. The second kappa shape index (κ2) is 6.14. The van der Waals surface area contributed by atoms with Crippen molar-refractivity contribution in [1.29, 1.82) is 0 Å². The normalized spacial score (nSPS) is 25.8. The van der Waals surface area contributed by atoms with E-state index in [0.29, 0.717) is 10.3 Å². The van der Waals surface area contributed by atoms with Crippen LogP contribution in [0.2, 0.25) is 5.02 Å². The largest absolute Gasteiger partial charge is 0.398 e. The number of hydrogen-bond acceptors (Lipinski definition) is 4. The van der Waals surface area contributed by atoms with E-state index in [0.717, 1.165) is 56.1 Å². The maximum Gasteiger partial charge on any atom is 0.0737 e. The van der Waals surface area contributed by atoms with Crippen molar-refractivity contribution in [2.45, 2.75) is 41.4 Å². The van der Waals surface area contributed by atoms with Crippen LogP contribution in [0, 0.1) is 0 Å². The number of halogens is 1. The Morgan fingerprint density at radius 2 is 2.05 bits per heavy atom. The lowest BCUT2D eigenvalue weighted by molar-refractivity contribution is -0.131. The van der Waals surface area contributed by atoms with Gasteiger partial charge in [-0.05, 0) is 43.9 Å². The van der Waals surface area contributed by atoms with Crippen molar-refractivity contribution >= 4 is 29.1 Å². The number of benzene rings is 1. The standard InChI is InChI=1S/C15H20ClNO2S/c16-11-1-2-14(13(17)9-11)20-12-3-6-19-15(10-12)4-7-18-8-5-15/h1-2,9,12H,3-8,10,17H2. The molecule has 3 nitrogen and oxygen atoms in total. The zero-order valence-corrected chi connectivity index (χ0v) is 13.0. The second-order valence-corrected chi connectivity index (χ2v) is 7.34. The number of thioether (sulfide) groups is 1. The monoisotopic (exact) mass is 313 g/mol. The fraction of sp³-hybridized carbons (Fsp3) is 0.600. The van der Waals surface area contributed by atoms with Crippen LogP contribution in [0.15, 0.2) is 23.1 Å². The third-order valence-corrected chi connectivity index (χ3v) is 5.71. The van der Waals surface area contributed by atoms with Gasteiger partial charge in [0.1, 0.15) is 0 Å². The summed E-state index contributed by atoms with van der Waals surface area (Å²) in [6.07, 6.45) is 4.19. The Morgan fingerprint density at radius 1 is 1.25 bits per heavy atom. The average molecular weight is 314 g/mol. The quantitative estimate of drug-likeness (QED) is 0.845. The highest BCUT2D eigenvalue weighted by atomic mass is 35.5. The Kier molecular flexibility index (Phi) is 4.46. The fourth-order valence-corrected chi connectivity index (χ4v) is 4.46. The molecule has 20 heavy (non-hydrogen) atoms. The molecule has 2 fully saturated rings. The first kappa shape index (κ1) is 14.5. The molecule has 2 N–H and O–H groups in total. The third kappa shape index (κ3) is 3.25. The molecule has 1 aromatic carbocycles. The van der Waals surface area contributed by atoms with E-state index in [2.05, 4.69) is 0 Å². The predicted octanol–water partition coefficient (Wildman–Crippen LogP) is 3.74. The summed E-state index contributed by atoms with van der Waals surface area (Å²) in [7, 11) is 0. The molecule has 5 heteroatoms. The van der Waals surface area contributed by atoms with Gasteiger partial charge in [0.05, 0.1) is 5.60 Å². The lowest BCUT2D eigenvalue weighted by Gasteiger charge is -2.43. The molecular formula is C15H20ClNO2S. The van der Waals surface area contributed by atoms with Crippen LogP contribution in [-0.4, -0.2) is 30.7 Å². The predicted molar refractivity (Wildman–Crippen MR) is 83.5 cm³/mol. The Labute approximate surface area is 129 Å². The van der Waals surface area contributed by atoms with Gasteiger partial charge in [-0.3, -0.25) is 0 Å². The highest BCUT2D eigenvalue weighted by molar-refractivity contribution is 8.00. The van der Waals surface area contributed by atoms with Crippen LogP contribution in [0.5, 0.6) is 0 Å². The van der Waals surface area contributed by atoms with Crippen LogP contribution in [0.4, 0.5) is 5.69 Å². The number of ether oxygens (including phenoxy) is 2. The number of nitrogen functional groups attached to an aromatic ring is 1. The van der Waals surface area contributed by atoms with Gasteiger partial charge >= 0.3 is 0 Å². The minimum Gasteiger partial charge on any atom is -0.398 e. The third-order valence-electron chi connectivity index (χ3n) is 4.12. The van der Waals surface area contributed by atoms with Crippen LogP contribution in [0.25, 0.3) is 0 Å². The lowest BCUT2D eigenvalue weighted by atomic mass is 9.86. The van der Waals surface area contributed by atoms with Crippen molar-refractivity contribution in [2.24, 2.45) is 0 Å². The maximum atomic E-state index is 6.08. The molecule has 0 amide bonds. The molecule has 3 rings (SSSR count). The number of nitrogens with two attached hydrogens (primary N) is 1. The lowest BCUT2D eigenvalue weighted by Crippen LogP contribution is -2.45. The van der Waals surface area contributed by atoms with E-state index in [1.54, 1.807) is 0 Å². The highest BCUT2D eigenvalue weighted by Gasteiger charge is 2.39. The molecule has 2 saturated heterocycles. The molecule has 1 atom stereocenters. The molecule has 1 unspecified atom stereocenters. The summed E-state index contributed by atoms with van der Waals surface area (Å²) in [5, 5.41) is 1.25. The van der Waals surface area contributed by atoms with Gasteiger partial charge in [-0.2, -0.15) is 0 Å². The number of rotatable bonds is 2. The molecule has 0 saturated carbocycles. The molecule has 0 bridgehead atoms. The molecule has 2 heterocycles. The number of hydrogen-bond donors (Lipinski definition) is 1. The summed E-state index contributed by atoms with van der Waals surface area (Å²) in [5.41, 5.74) is 6.86. The first-order chi connectivity index (χ1) is 9.67. The van der Waals surface area contributed by atoms with Gasteiger partial charge in [-0.15, -0.1) is 11.8 Å².